The van der Waals surface area contributed by atoms with Gasteiger partial charge in [0.15, 0.2) is 0 Å². The smallest absolute Gasteiger partial charge is 0.0941 e. The molecule has 1 aliphatic rings. The van der Waals surface area contributed by atoms with Crippen LogP contribution < -0.4 is 0 Å². The van der Waals surface area contributed by atoms with Crippen LogP contribution in [0.25, 0.3) is 0 Å². The Labute approximate surface area is 119 Å². The SMILES string of the molecule is CN(CCc1nc(CCl)cs1)CC1CCCN1C. The zero-order valence-corrected chi connectivity index (χ0v) is 12.8. The van der Waals surface area contributed by atoms with Gasteiger partial charge in [-0.3, -0.25) is 0 Å². The maximum Gasteiger partial charge on any atom is 0.0941 e. The number of likely N-dealkylation sites (N-methyl/N-ethyl adjacent to an activating group) is 2. The Balaban J connectivity index is 1.72. The number of rotatable bonds is 6. The quantitative estimate of drug-likeness (QED) is 0.749. The van der Waals surface area contributed by atoms with Crippen molar-refractivity contribution in [3.63, 3.8) is 0 Å². The predicted octanol–water partition coefficient (Wildman–Crippen LogP) is 2.45. The number of nitrogens with zero attached hydrogens (tertiary/aromatic N) is 3. The number of halogens is 1. The average Bonchev–Trinajstić information content (AvgIpc) is 2.97. The van der Waals surface area contributed by atoms with Gasteiger partial charge in [0.2, 0.25) is 0 Å². The second-order valence-corrected chi connectivity index (χ2v) is 6.37. The Bertz CT molecular complexity index is 369. The Hall–Kier alpha value is -0.160. The zero-order valence-electron chi connectivity index (χ0n) is 11.2. The molecule has 0 radical (unpaired) electrons. The van der Waals surface area contributed by atoms with Crippen molar-refractivity contribution < 1.29 is 0 Å². The van der Waals surface area contributed by atoms with Crippen molar-refractivity contribution in [2.45, 2.75) is 31.2 Å². The van der Waals surface area contributed by atoms with Gasteiger partial charge in [-0.15, -0.1) is 22.9 Å². The Kier molecular flexibility index (Phi) is 5.42. The molecule has 1 fully saturated rings. The Morgan fingerprint density at radius 1 is 1.61 bits per heavy atom. The van der Waals surface area contributed by atoms with Crippen LogP contribution in [0.15, 0.2) is 5.38 Å². The minimum atomic E-state index is 0.527. The number of alkyl halides is 1. The van der Waals surface area contributed by atoms with Crippen molar-refractivity contribution in [1.82, 2.24) is 14.8 Å². The molecule has 1 saturated heterocycles. The third-order valence-corrected chi connectivity index (χ3v) is 4.87. The van der Waals surface area contributed by atoms with E-state index in [-0.39, 0.29) is 0 Å². The second-order valence-electron chi connectivity index (χ2n) is 5.16. The summed E-state index contributed by atoms with van der Waals surface area (Å²) >= 11 is 7.49. The van der Waals surface area contributed by atoms with Gasteiger partial charge in [0.05, 0.1) is 16.6 Å². The van der Waals surface area contributed by atoms with E-state index in [0.717, 1.165) is 24.7 Å². The molecule has 0 aromatic carbocycles. The van der Waals surface area contributed by atoms with Gasteiger partial charge < -0.3 is 9.80 Å². The van der Waals surface area contributed by atoms with Gasteiger partial charge in [-0.25, -0.2) is 4.98 Å². The first kappa shape index (κ1) is 14.3. The van der Waals surface area contributed by atoms with Crippen LogP contribution in [0.1, 0.15) is 23.5 Å². The molecule has 1 unspecified atom stereocenters. The summed E-state index contributed by atoms with van der Waals surface area (Å²) in [4.78, 5) is 9.40. The fourth-order valence-electron chi connectivity index (χ4n) is 2.47. The van der Waals surface area contributed by atoms with Crippen molar-refractivity contribution in [2.24, 2.45) is 0 Å². The Morgan fingerprint density at radius 2 is 2.44 bits per heavy atom. The van der Waals surface area contributed by atoms with Crippen LogP contribution in [-0.2, 0) is 12.3 Å². The molecule has 1 atom stereocenters. The molecular weight excluding hydrogens is 266 g/mol. The minimum Gasteiger partial charge on any atom is -0.304 e. The van der Waals surface area contributed by atoms with Crippen LogP contribution in [0.3, 0.4) is 0 Å². The normalized spacial score (nSPS) is 21.0. The number of likely N-dealkylation sites (tertiary alicyclic amines) is 1. The van der Waals surface area contributed by atoms with Crippen LogP contribution in [0.5, 0.6) is 0 Å². The minimum absolute atomic E-state index is 0.527. The van der Waals surface area contributed by atoms with Crippen molar-refractivity contribution in [3.05, 3.63) is 16.1 Å². The van der Waals surface area contributed by atoms with Crippen molar-refractivity contribution in [2.75, 3.05) is 33.7 Å². The maximum atomic E-state index is 5.76. The first-order chi connectivity index (χ1) is 8.69. The predicted molar refractivity (Wildman–Crippen MR) is 78.5 cm³/mol. The van der Waals surface area contributed by atoms with Crippen LogP contribution in [0, 0.1) is 0 Å². The first-order valence-corrected chi connectivity index (χ1v) is 7.98. The van der Waals surface area contributed by atoms with Gasteiger partial charge in [-0.05, 0) is 33.5 Å². The van der Waals surface area contributed by atoms with Gasteiger partial charge in [-0.2, -0.15) is 0 Å². The molecule has 0 aliphatic carbocycles. The van der Waals surface area contributed by atoms with Gasteiger partial charge in [-0.1, -0.05) is 0 Å². The third kappa shape index (κ3) is 3.92. The van der Waals surface area contributed by atoms with E-state index in [1.165, 1.54) is 30.9 Å². The molecule has 0 amide bonds. The van der Waals surface area contributed by atoms with E-state index < -0.39 is 0 Å². The molecule has 2 rings (SSSR count). The third-order valence-electron chi connectivity index (χ3n) is 3.64. The summed E-state index contributed by atoms with van der Waals surface area (Å²) in [6, 6.07) is 0.740. The van der Waals surface area contributed by atoms with Gasteiger partial charge in [0.25, 0.3) is 0 Å². The van der Waals surface area contributed by atoms with Crippen LogP contribution in [-0.4, -0.2) is 54.6 Å². The van der Waals surface area contributed by atoms with E-state index in [2.05, 4.69) is 34.3 Å². The van der Waals surface area contributed by atoms with Crippen molar-refractivity contribution in [3.8, 4) is 0 Å². The lowest BCUT2D eigenvalue weighted by Crippen LogP contribution is -2.37. The van der Waals surface area contributed by atoms with Crippen LogP contribution in [0.2, 0.25) is 0 Å². The highest BCUT2D eigenvalue weighted by atomic mass is 35.5. The molecule has 5 heteroatoms. The lowest BCUT2D eigenvalue weighted by atomic mass is 10.2. The van der Waals surface area contributed by atoms with E-state index in [1.54, 1.807) is 11.3 Å². The molecule has 0 spiro atoms. The highest BCUT2D eigenvalue weighted by molar-refractivity contribution is 7.09. The topological polar surface area (TPSA) is 19.4 Å². The lowest BCUT2D eigenvalue weighted by Gasteiger charge is -2.25. The van der Waals surface area contributed by atoms with Crippen LogP contribution in [0.4, 0.5) is 0 Å². The van der Waals surface area contributed by atoms with Crippen molar-refractivity contribution >= 4 is 22.9 Å². The molecular formula is C13H22ClN3S. The number of aromatic nitrogens is 1. The molecule has 3 nitrogen and oxygen atoms in total. The van der Waals surface area contributed by atoms with E-state index in [4.69, 9.17) is 11.6 Å². The largest absolute Gasteiger partial charge is 0.304 e. The molecule has 2 heterocycles. The van der Waals surface area contributed by atoms with Crippen LogP contribution >= 0.6 is 22.9 Å². The first-order valence-electron chi connectivity index (χ1n) is 6.57. The van der Waals surface area contributed by atoms with E-state index in [9.17, 15) is 0 Å². The summed E-state index contributed by atoms with van der Waals surface area (Å²) < 4.78 is 0. The van der Waals surface area contributed by atoms with Gasteiger partial charge in [0.1, 0.15) is 0 Å². The molecule has 0 saturated carbocycles. The summed E-state index contributed by atoms with van der Waals surface area (Å²) in [5, 5.41) is 3.27. The molecule has 1 aromatic heterocycles. The highest BCUT2D eigenvalue weighted by Gasteiger charge is 2.21. The van der Waals surface area contributed by atoms with Gasteiger partial charge in [0, 0.05) is 30.9 Å². The monoisotopic (exact) mass is 287 g/mol. The Morgan fingerprint density at radius 3 is 3.06 bits per heavy atom. The summed E-state index contributed by atoms with van der Waals surface area (Å²) in [5.41, 5.74) is 1.01. The van der Waals surface area contributed by atoms with Crippen molar-refractivity contribution in [1.29, 1.82) is 0 Å². The fourth-order valence-corrected chi connectivity index (χ4v) is 3.49. The second kappa shape index (κ2) is 6.85. The summed E-state index contributed by atoms with van der Waals surface area (Å²) in [5.74, 6) is 0.527. The number of thiazole rings is 1. The molecule has 0 N–H and O–H groups in total. The number of hydrogen-bond donors (Lipinski definition) is 0. The van der Waals surface area contributed by atoms with E-state index in [1.807, 2.05) is 0 Å². The standard InChI is InChI=1S/C13H22ClN3S/c1-16(9-12-4-3-6-17(12)2)7-5-13-15-11(8-14)10-18-13/h10,12H,3-9H2,1-2H3. The van der Waals surface area contributed by atoms with E-state index in [0.29, 0.717) is 5.88 Å². The summed E-state index contributed by atoms with van der Waals surface area (Å²) in [7, 11) is 4.45. The lowest BCUT2D eigenvalue weighted by molar-refractivity contribution is 0.221. The van der Waals surface area contributed by atoms with E-state index >= 15 is 0 Å². The molecule has 0 bridgehead atoms. The molecule has 18 heavy (non-hydrogen) atoms. The zero-order chi connectivity index (χ0) is 13.0. The molecule has 102 valence electrons. The highest BCUT2D eigenvalue weighted by Crippen LogP contribution is 2.16. The molecule has 1 aliphatic heterocycles. The molecule has 1 aromatic rings. The van der Waals surface area contributed by atoms with Gasteiger partial charge >= 0.3 is 0 Å². The summed E-state index contributed by atoms with van der Waals surface area (Å²) in [6.45, 7) is 3.51. The maximum absolute atomic E-state index is 5.76. The summed E-state index contributed by atoms with van der Waals surface area (Å²) in [6.07, 6.45) is 3.73. The number of hydrogen-bond acceptors (Lipinski definition) is 4. The fraction of sp³-hybridized carbons (Fsp3) is 0.769. The average molecular weight is 288 g/mol.